The van der Waals surface area contributed by atoms with Crippen LogP contribution in [-0.2, 0) is 11.3 Å². The van der Waals surface area contributed by atoms with Gasteiger partial charge in [-0.3, -0.25) is 9.98 Å². The maximum Gasteiger partial charge on any atom is 0.177 e. The van der Waals surface area contributed by atoms with E-state index in [0.717, 1.165) is 46.9 Å². The van der Waals surface area contributed by atoms with Crippen LogP contribution in [0.5, 0.6) is 0 Å². The van der Waals surface area contributed by atoms with Crippen LogP contribution in [0, 0.1) is 6.92 Å². The van der Waals surface area contributed by atoms with Crippen molar-refractivity contribution in [3.05, 3.63) is 77.9 Å². The van der Waals surface area contributed by atoms with Crippen molar-refractivity contribution in [1.29, 1.82) is 0 Å². The van der Waals surface area contributed by atoms with Gasteiger partial charge in [-0.1, -0.05) is 29.8 Å². The number of morpholine rings is 1. The SMILES string of the molecule is Cc1cccc(C=NCc2cc(N3CCOCC3)c3nc(-c4ccncc4)cn3n2)c1. The lowest BCUT2D eigenvalue weighted by atomic mass is 10.1. The first kappa shape index (κ1) is 19.4. The van der Waals surface area contributed by atoms with Crippen LogP contribution in [0.4, 0.5) is 5.69 Å². The quantitative estimate of drug-likeness (QED) is 0.469. The molecular formula is C24H24N6O. The molecule has 0 atom stereocenters. The predicted molar refractivity (Wildman–Crippen MR) is 122 cm³/mol. The third kappa shape index (κ3) is 4.32. The molecule has 31 heavy (non-hydrogen) atoms. The number of anilines is 1. The van der Waals surface area contributed by atoms with E-state index < -0.39 is 0 Å². The van der Waals surface area contributed by atoms with Crippen LogP contribution < -0.4 is 4.90 Å². The molecule has 0 amide bonds. The number of benzene rings is 1. The zero-order valence-electron chi connectivity index (χ0n) is 17.5. The summed E-state index contributed by atoms with van der Waals surface area (Å²) in [5, 5.41) is 4.79. The van der Waals surface area contributed by atoms with Crippen molar-refractivity contribution in [2.45, 2.75) is 13.5 Å². The fraction of sp³-hybridized carbons (Fsp3) is 0.250. The summed E-state index contributed by atoms with van der Waals surface area (Å²) in [5.74, 6) is 0. The van der Waals surface area contributed by atoms with Crippen molar-refractivity contribution in [2.75, 3.05) is 31.2 Å². The van der Waals surface area contributed by atoms with E-state index >= 15 is 0 Å². The second-order valence-electron chi connectivity index (χ2n) is 7.63. The molecule has 1 aromatic carbocycles. The van der Waals surface area contributed by atoms with Crippen LogP contribution in [0.15, 0.2) is 66.0 Å². The minimum absolute atomic E-state index is 0.504. The summed E-state index contributed by atoms with van der Waals surface area (Å²) < 4.78 is 7.42. The van der Waals surface area contributed by atoms with Gasteiger partial charge in [0.25, 0.3) is 0 Å². The molecule has 0 unspecified atom stereocenters. The van der Waals surface area contributed by atoms with Gasteiger partial charge in [0, 0.05) is 37.3 Å². The number of hydrogen-bond acceptors (Lipinski definition) is 6. The van der Waals surface area contributed by atoms with Crippen molar-refractivity contribution >= 4 is 17.5 Å². The number of imidazole rings is 1. The molecule has 3 aromatic heterocycles. The third-order valence-corrected chi connectivity index (χ3v) is 5.32. The van der Waals surface area contributed by atoms with Crippen LogP contribution in [0.2, 0.25) is 0 Å². The Morgan fingerprint density at radius 1 is 1.10 bits per heavy atom. The highest BCUT2D eigenvalue weighted by molar-refractivity contribution is 5.80. The van der Waals surface area contributed by atoms with E-state index in [1.54, 1.807) is 12.4 Å². The number of rotatable bonds is 5. The number of nitrogens with zero attached hydrogens (tertiary/aromatic N) is 6. The summed E-state index contributed by atoms with van der Waals surface area (Å²) in [6.45, 7) is 5.69. The molecule has 0 spiro atoms. The van der Waals surface area contributed by atoms with E-state index in [1.807, 2.05) is 35.1 Å². The lowest BCUT2D eigenvalue weighted by Crippen LogP contribution is -2.36. The van der Waals surface area contributed by atoms with Gasteiger partial charge >= 0.3 is 0 Å². The Kier molecular flexibility index (Phi) is 5.41. The van der Waals surface area contributed by atoms with E-state index in [0.29, 0.717) is 19.8 Å². The second kappa shape index (κ2) is 8.65. The Morgan fingerprint density at radius 2 is 1.94 bits per heavy atom. The van der Waals surface area contributed by atoms with Crippen molar-refractivity contribution in [3.63, 3.8) is 0 Å². The monoisotopic (exact) mass is 412 g/mol. The molecule has 4 heterocycles. The van der Waals surface area contributed by atoms with Gasteiger partial charge in [0.15, 0.2) is 5.65 Å². The van der Waals surface area contributed by atoms with Gasteiger partial charge in [-0.05, 0) is 30.7 Å². The van der Waals surface area contributed by atoms with Crippen LogP contribution in [0.3, 0.4) is 0 Å². The number of aryl methyl sites for hydroxylation is 1. The molecule has 0 radical (unpaired) electrons. The first-order valence-electron chi connectivity index (χ1n) is 10.5. The number of pyridine rings is 1. The lowest BCUT2D eigenvalue weighted by Gasteiger charge is -2.29. The highest BCUT2D eigenvalue weighted by Gasteiger charge is 2.18. The summed E-state index contributed by atoms with van der Waals surface area (Å²) in [4.78, 5) is 15.9. The average Bonchev–Trinajstić information content (AvgIpc) is 3.24. The number of ether oxygens (including phenoxy) is 1. The maximum atomic E-state index is 5.55. The molecule has 0 N–H and O–H groups in total. The molecule has 156 valence electrons. The zero-order chi connectivity index (χ0) is 21.0. The van der Waals surface area contributed by atoms with Crippen molar-refractivity contribution in [3.8, 4) is 11.3 Å². The first-order chi connectivity index (χ1) is 15.3. The van der Waals surface area contributed by atoms with Crippen LogP contribution in [0.25, 0.3) is 16.9 Å². The molecule has 1 fully saturated rings. The van der Waals surface area contributed by atoms with E-state index in [-0.39, 0.29) is 0 Å². The molecule has 4 aromatic rings. The number of hydrogen-bond donors (Lipinski definition) is 0. The third-order valence-electron chi connectivity index (χ3n) is 5.32. The molecule has 0 saturated carbocycles. The molecule has 0 bridgehead atoms. The molecule has 1 aliphatic rings. The van der Waals surface area contributed by atoms with Crippen molar-refractivity contribution < 1.29 is 4.74 Å². The smallest absolute Gasteiger partial charge is 0.177 e. The van der Waals surface area contributed by atoms with E-state index in [2.05, 4.69) is 46.1 Å². The Hall–Kier alpha value is -3.58. The minimum atomic E-state index is 0.504. The summed E-state index contributed by atoms with van der Waals surface area (Å²) in [7, 11) is 0. The molecule has 7 nitrogen and oxygen atoms in total. The van der Waals surface area contributed by atoms with Crippen molar-refractivity contribution in [2.24, 2.45) is 4.99 Å². The number of fused-ring (bicyclic) bond motifs is 1. The van der Waals surface area contributed by atoms with Crippen LogP contribution in [-0.4, -0.2) is 52.1 Å². The highest BCUT2D eigenvalue weighted by atomic mass is 16.5. The molecule has 5 rings (SSSR count). The molecular weight excluding hydrogens is 388 g/mol. The van der Waals surface area contributed by atoms with Gasteiger partial charge in [0.2, 0.25) is 0 Å². The Morgan fingerprint density at radius 3 is 2.74 bits per heavy atom. The van der Waals surface area contributed by atoms with E-state index in [4.69, 9.17) is 14.8 Å². The highest BCUT2D eigenvalue weighted by Crippen LogP contribution is 2.26. The van der Waals surface area contributed by atoms with Gasteiger partial charge in [0.1, 0.15) is 0 Å². The summed E-state index contributed by atoms with van der Waals surface area (Å²) in [6, 6.07) is 14.3. The van der Waals surface area contributed by atoms with Gasteiger partial charge in [-0.2, -0.15) is 5.10 Å². The summed E-state index contributed by atoms with van der Waals surface area (Å²) in [6.07, 6.45) is 7.44. The van der Waals surface area contributed by atoms with Gasteiger partial charge in [0.05, 0.1) is 43.0 Å². The predicted octanol–water partition coefficient (Wildman–Crippen LogP) is 3.56. The fourth-order valence-corrected chi connectivity index (χ4v) is 3.78. The normalized spacial score (nSPS) is 14.5. The maximum absolute atomic E-state index is 5.55. The molecule has 7 heteroatoms. The van der Waals surface area contributed by atoms with E-state index in [9.17, 15) is 0 Å². The summed E-state index contributed by atoms with van der Waals surface area (Å²) >= 11 is 0. The molecule has 1 aliphatic heterocycles. The molecule has 0 aliphatic carbocycles. The van der Waals surface area contributed by atoms with Gasteiger partial charge < -0.3 is 9.64 Å². The average molecular weight is 412 g/mol. The number of aromatic nitrogens is 4. The fourth-order valence-electron chi connectivity index (χ4n) is 3.78. The first-order valence-corrected chi connectivity index (χ1v) is 10.5. The van der Waals surface area contributed by atoms with Crippen molar-refractivity contribution in [1.82, 2.24) is 19.6 Å². The van der Waals surface area contributed by atoms with Gasteiger partial charge in [-0.15, -0.1) is 0 Å². The Balaban J connectivity index is 1.50. The topological polar surface area (TPSA) is 67.9 Å². The second-order valence-corrected chi connectivity index (χ2v) is 7.63. The Labute approximate surface area is 181 Å². The minimum Gasteiger partial charge on any atom is -0.378 e. The summed E-state index contributed by atoms with van der Waals surface area (Å²) in [5.41, 5.74) is 7.03. The largest absolute Gasteiger partial charge is 0.378 e. The van der Waals surface area contributed by atoms with Crippen LogP contribution >= 0.6 is 0 Å². The standard InChI is InChI=1S/C24H24N6O/c1-18-3-2-4-19(13-18)15-26-16-21-14-23(29-9-11-31-12-10-29)24-27-22(17-30(24)28-21)20-5-7-25-8-6-20/h2-8,13-15,17H,9-12,16H2,1H3. The lowest BCUT2D eigenvalue weighted by molar-refractivity contribution is 0.123. The Bertz CT molecular complexity index is 1210. The zero-order valence-corrected chi connectivity index (χ0v) is 17.5. The van der Waals surface area contributed by atoms with Crippen LogP contribution in [0.1, 0.15) is 16.8 Å². The molecule has 1 saturated heterocycles. The number of aliphatic imine (C=N–C) groups is 1. The van der Waals surface area contributed by atoms with Gasteiger partial charge in [-0.25, -0.2) is 9.50 Å². The van der Waals surface area contributed by atoms with E-state index in [1.165, 1.54) is 5.56 Å².